The lowest BCUT2D eigenvalue weighted by Gasteiger charge is -2.08. The number of imidazole rings is 1. The minimum atomic E-state index is -0.974. The smallest absolute Gasteiger partial charge is 0.362 e. The number of anilines is 1. The summed E-state index contributed by atoms with van der Waals surface area (Å²) in [4.78, 5) is 15.3. The van der Waals surface area contributed by atoms with E-state index in [-0.39, 0.29) is 16.9 Å². The topological polar surface area (TPSA) is 89.5 Å². The molecule has 2 heterocycles. The third kappa shape index (κ3) is 2.36. The number of fused-ring (bicyclic) bond motifs is 1. The third-order valence-electron chi connectivity index (χ3n) is 2.53. The molecule has 0 aromatic carbocycles. The zero-order chi connectivity index (χ0) is 13.3. The monoisotopic (exact) mass is 288 g/mol. The van der Waals surface area contributed by atoms with Crippen molar-refractivity contribution in [3.8, 4) is 0 Å². The van der Waals surface area contributed by atoms with Gasteiger partial charge in [-0.2, -0.15) is 9.38 Å². The van der Waals surface area contributed by atoms with Gasteiger partial charge >= 0.3 is 5.82 Å². The highest BCUT2D eigenvalue weighted by Crippen LogP contribution is 2.27. The average molecular weight is 288 g/mol. The van der Waals surface area contributed by atoms with Crippen LogP contribution in [0.25, 0.3) is 4.96 Å². The highest BCUT2D eigenvalue weighted by molar-refractivity contribution is 7.84. The second-order valence-corrected chi connectivity index (χ2v) is 6.46. The van der Waals surface area contributed by atoms with Gasteiger partial charge in [0.15, 0.2) is 0 Å². The second kappa shape index (κ2) is 5.02. The van der Waals surface area contributed by atoms with E-state index in [0.29, 0.717) is 11.5 Å². The first kappa shape index (κ1) is 13.0. The van der Waals surface area contributed by atoms with Gasteiger partial charge in [0.1, 0.15) is 6.20 Å². The van der Waals surface area contributed by atoms with Crippen LogP contribution in [0.4, 0.5) is 11.6 Å². The van der Waals surface area contributed by atoms with Gasteiger partial charge in [-0.3, -0.25) is 4.21 Å². The van der Waals surface area contributed by atoms with Gasteiger partial charge < -0.3 is 15.4 Å². The Morgan fingerprint density at radius 1 is 1.72 bits per heavy atom. The number of hydrogen-bond acceptors (Lipinski definition) is 6. The van der Waals surface area contributed by atoms with Crippen LogP contribution >= 0.6 is 11.3 Å². The standard InChI is InChI=1S/C9H12N4O3S2/c1-6(18(2)16)5-10-7-8(13(14)15)12-3-4-17-9(12)11-7/h3-4,6,10H,5H2,1-2H3. The Kier molecular flexibility index (Phi) is 3.62. The number of nitrogens with zero attached hydrogens (tertiary/aromatic N) is 3. The number of hydrogen-bond donors (Lipinski definition) is 1. The lowest BCUT2D eigenvalue weighted by molar-refractivity contribution is -0.389. The molecule has 0 saturated heterocycles. The molecule has 2 atom stereocenters. The van der Waals surface area contributed by atoms with Crippen LogP contribution in [0, 0.1) is 10.1 Å². The predicted molar refractivity (Wildman–Crippen MR) is 71.7 cm³/mol. The number of nitro groups is 1. The fourth-order valence-corrected chi connectivity index (χ4v) is 2.45. The van der Waals surface area contributed by atoms with Crippen molar-refractivity contribution in [2.24, 2.45) is 0 Å². The maximum Gasteiger partial charge on any atom is 0.372 e. The number of rotatable bonds is 5. The molecule has 0 fully saturated rings. The molecule has 2 aromatic heterocycles. The molecule has 98 valence electrons. The molecule has 0 aliphatic rings. The molecule has 18 heavy (non-hydrogen) atoms. The summed E-state index contributed by atoms with van der Waals surface area (Å²) in [7, 11) is -0.974. The first-order valence-corrected chi connectivity index (χ1v) is 7.67. The van der Waals surface area contributed by atoms with Gasteiger partial charge in [-0.15, -0.1) is 0 Å². The van der Waals surface area contributed by atoms with E-state index in [1.807, 2.05) is 6.92 Å². The molecule has 2 rings (SSSR count). The SMILES string of the molecule is CC(CNc1nc2sccn2c1[N+](=O)[O-])S(C)=O. The number of nitrogens with one attached hydrogen (secondary N) is 1. The van der Waals surface area contributed by atoms with Gasteiger partial charge in [-0.05, 0) is 11.8 Å². The van der Waals surface area contributed by atoms with Gasteiger partial charge in [0, 0.05) is 34.2 Å². The molecular formula is C9H12N4O3S2. The maximum atomic E-state index is 11.2. The van der Waals surface area contributed by atoms with Gasteiger partial charge in [-0.1, -0.05) is 11.3 Å². The van der Waals surface area contributed by atoms with Crippen LogP contribution in [0.15, 0.2) is 11.6 Å². The molecule has 0 spiro atoms. The maximum absolute atomic E-state index is 11.2. The Bertz CT molecular complexity index is 606. The van der Waals surface area contributed by atoms with E-state index in [0.717, 1.165) is 0 Å². The molecule has 2 aromatic rings. The van der Waals surface area contributed by atoms with Gasteiger partial charge in [0.2, 0.25) is 5.82 Å². The fourth-order valence-electron chi connectivity index (χ4n) is 1.42. The number of thiazole rings is 1. The zero-order valence-electron chi connectivity index (χ0n) is 9.82. The molecule has 1 N–H and O–H groups in total. The largest absolute Gasteiger partial charge is 0.372 e. The minimum absolute atomic E-state index is 0.0830. The van der Waals surface area contributed by atoms with Crippen molar-refractivity contribution >= 4 is 38.7 Å². The molecule has 0 radical (unpaired) electrons. The van der Waals surface area contributed by atoms with Crippen molar-refractivity contribution in [1.82, 2.24) is 9.38 Å². The van der Waals surface area contributed by atoms with Crippen molar-refractivity contribution in [2.75, 3.05) is 18.1 Å². The van der Waals surface area contributed by atoms with E-state index in [4.69, 9.17) is 0 Å². The second-order valence-electron chi connectivity index (χ2n) is 3.79. The lowest BCUT2D eigenvalue weighted by Crippen LogP contribution is -2.21. The Morgan fingerprint density at radius 2 is 2.44 bits per heavy atom. The summed E-state index contributed by atoms with van der Waals surface area (Å²) in [5.74, 6) is 0.143. The molecule has 0 saturated carbocycles. The van der Waals surface area contributed by atoms with Crippen LogP contribution in [-0.2, 0) is 10.8 Å². The first-order valence-electron chi connectivity index (χ1n) is 5.16. The van der Waals surface area contributed by atoms with Crippen LogP contribution in [0.5, 0.6) is 0 Å². The highest BCUT2D eigenvalue weighted by atomic mass is 32.2. The van der Waals surface area contributed by atoms with E-state index in [9.17, 15) is 14.3 Å². The Hall–Kier alpha value is -1.48. The molecule has 0 aliphatic carbocycles. The molecule has 7 nitrogen and oxygen atoms in total. The van der Waals surface area contributed by atoms with Crippen molar-refractivity contribution in [2.45, 2.75) is 12.2 Å². The van der Waals surface area contributed by atoms with Crippen molar-refractivity contribution in [3.63, 3.8) is 0 Å². The quantitative estimate of drug-likeness (QED) is 0.665. The number of aromatic nitrogens is 2. The summed E-state index contributed by atoms with van der Waals surface area (Å²) in [6, 6.07) is 0. The van der Waals surface area contributed by atoms with E-state index in [1.165, 1.54) is 15.7 Å². The van der Waals surface area contributed by atoms with Gasteiger partial charge in [0.05, 0.1) is 0 Å². The molecule has 0 bridgehead atoms. The summed E-state index contributed by atoms with van der Waals surface area (Å²) in [6.07, 6.45) is 3.21. The van der Waals surface area contributed by atoms with Crippen LogP contribution in [-0.4, -0.2) is 36.6 Å². The summed E-state index contributed by atoms with van der Waals surface area (Å²) in [6.45, 7) is 2.20. The predicted octanol–water partition coefficient (Wildman–Crippen LogP) is 1.48. The lowest BCUT2D eigenvalue weighted by atomic mass is 10.4. The third-order valence-corrected chi connectivity index (χ3v) is 4.59. The fraction of sp³-hybridized carbons (Fsp3) is 0.444. The molecule has 2 unspecified atom stereocenters. The van der Waals surface area contributed by atoms with Crippen LogP contribution in [0.3, 0.4) is 0 Å². The van der Waals surface area contributed by atoms with E-state index in [2.05, 4.69) is 10.3 Å². The average Bonchev–Trinajstić information content (AvgIpc) is 2.83. The molecule has 0 aliphatic heterocycles. The van der Waals surface area contributed by atoms with Gasteiger partial charge in [-0.25, -0.2) is 0 Å². The summed E-state index contributed by atoms with van der Waals surface area (Å²) in [5, 5.41) is 15.6. The minimum Gasteiger partial charge on any atom is -0.362 e. The first-order chi connectivity index (χ1) is 8.50. The Morgan fingerprint density at radius 3 is 3.06 bits per heavy atom. The molecule has 0 amide bonds. The Balaban J connectivity index is 2.27. The van der Waals surface area contributed by atoms with E-state index in [1.54, 1.807) is 17.8 Å². The van der Waals surface area contributed by atoms with E-state index < -0.39 is 15.7 Å². The molecular weight excluding hydrogens is 276 g/mol. The van der Waals surface area contributed by atoms with Crippen molar-refractivity contribution in [1.29, 1.82) is 0 Å². The summed E-state index contributed by atoms with van der Waals surface area (Å²) in [5.41, 5.74) is 0. The zero-order valence-corrected chi connectivity index (χ0v) is 11.5. The normalized spacial score (nSPS) is 14.6. The Labute approximate surface area is 109 Å². The van der Waals surface area contributed by atoms with Crippen LogP contribution < -0.4 is 5.32 Å². The summed E-state index contributed by atoms with van der Waals surface area (Å²) >= 11 is 1.33. The van der Waals surface area contributed by atoms with Gasteiger partial charge in [0.25, 0.3) is 4.96 Å². The summed E-state index contributed by atoms with van der Waals surface area (Å²) < 4.78 is 12.7. The highest BCUT2D eigenvalue weighted by Gasteiger charge is 2.23. The van der Waals surface area contributed by atoms with Crippen LogP contribution in [0.1, 0.15) is 6.92 Å². The van der Waals surface area contributed by atoms with Crippen molar-refractivity contribution < 1.29 is 9.13 Å². The van der Waals surface area contributed by atoms with Crippen molar-refractivity contribution in [3.05, 3.63) is 21.7 Å². The van der Waals surface area contributed by atoms with Crippen LogP contribution in [0.2, 0.25) is 0 Å². The molecule has 9 heteroatoms. The van der Waals surface area contributed by atoms with E-state index >= 15 is 0 Å².